The van der Waals surface area contributed by atoms with Crippen LogP contribution in [-0.4, -0.2) is 16.1 Å². The number of nitrogens with zero attached hydrogens (tertiary/aromatic N) is 2. The number of aromatic nitrogens is 2. The van der Waals surface area contributed by atoms with E-state index in [0.717, 1.165) is 11.3 Å². The molecule has 0 bridgehead atoms. The molecule has 0 unspecified atom stereocenters. The largest absolute Gasteiger partial charge is 0.374 e. The number of halogens is 1. The molecule has 0 spiro atoms. The van der Waals surface area contributed by atoms with Gasteiger partial charge in [-0.2, -0.15) is 0 Å². The van der Waals surface area contributed by atoms with Crippen molar-refractivity contribution in [3.05, 3.63) is 35.1 Å². The van der Waals surface area contributed by atoms with Crippen molar-refractivity contribution in [3.8, 4) is 0 Å². The standard InChI is InChI=1S/C10H9FN4OS/c1-5-2-3-6(11)4-7(5)8(16)13-10-15-14-9(12)17-10/h2-4H,1H3,(H2,12,14)(H,13,15,16). The average Bonchev–Trinajstić information content (AvgIpc) is 2.67. The van der Waals surface area contributed by atoms with Crippen LogP contribution in [0.25, 0.3) is 0 Å². The normalized spacial score (nSPS) is 10.2. The smallest absolute Gasteiger partial charge is 0.257 e. The van der Waals surface area contributed by atoms with Crippen LogP contribution in [0, 0.1) is 12.7 Å². The van der Waals surface area contributed by atoms with Crippen molar-refractivity contribution in [1.29, 1.82) is 0 Å². The molecule has 1 aromatic heterocycles. The molecule has 2 rings (SSSR count). The van der Waals surface area contributed by atoms with Crippen LogP contribution < -0.4 is 11.1 Å². The summed E-state index contributed by atoms with van der Waals surface area (Å²) in [6.45, 7) is 1.73. The van der Waals surface area contributed by atoms with Crippen molar-refractivity contribution >= 4 is 27.5 Å². The SMILES string of the molecule is Cc1ccc(F)cc1C(=O)Nc1nnc(N)s1. The Labute approximate surface area is 100 Å². The summed E-state index contributed by atoms with van der Waals surface area (Å²) in [4.78, 5) is 11.8. The van der Waals surface area contributed by atoms with Crippen LogP contribution in [0.15, 0.2) is 18.2 Å². The van der Waals surface area contributed by atoms with Gasteiger partial charge in [0.1, 0.15) is 5.82 Å². The van der Waals surface area contributed by atoms with Gasteiger partial charge >= 0.3 is 0 Å². The summed E-state index contributed by atoms with van der Waals surface area (Å²) in [7, 11) is 0. The van der Waals surface area contributed by atoms with Crippen molar-refractivity contribution in [2.75, 3.05) is 11.1 Å². The molecule has 88 valence electrons. The molecule has 7 heteroatoms. The van der Waals surface area contributed by atoms with Gasteiger partial charge in [0.25, 0.3) is 5.91 Å². The zero-order valence-corrected chi connectivity index (χ0v) is 9.71. The topological polar surface area (TPSA) is 80.9 Å². The van der Waals surface area contributed by atoms with Crippen LogP contribution in [0.1, 0.15) is 15.9 Å². The Hall–Kier alpha value is -2.02. The van der Waals surface area contributed by atoms with Crippen LogP contribution in [0.5, 0.6) is 0 Å². The molecule has 5 nitrogen and oxygen atoms in total. The number of nitrogen functional groups attached to an aromatic ring is 1. The van der Waals surface area contributed by atoms with E-state index in [4.69, 9.17) is 5.73 Å². The highest BCUT2D eigenvalue weighted by molar-refractivity contribution is 7.19. The molecular formula is C10H9FN4OS. The van der Waals surface area contributed by atoms with Crippen molar-refractivity contribution < 1.29 is 9.18 Å². The molecule has 3 N–H and O–H groups in total. The first kappa shape index (κ1) is 11.5. The van der Waals surface area contributed by atoms with Crippen LogP contribution in [0.3, 0.4) is 0 Å². The van der Waals surface area contributed by atoms with Gasteiger partial charge in [0.15, 0.2) is 0 Å². The predicted molar refractivity (Wildman–Crippen MR) is 63.4 cm³/mol. The maximum absolute atomic E-state index is 13.0. The van der Waals surface area contributed by atoms with E-state index in [-0.39, 0.29) is 15.8 Å². The van der Waals surface area contributed by atoms with Gasteiger partial charge in [-0.05, 0) is 24.6 Å². The summed E-state index contributed by atoms with van der Waals surface area (Å²) in [5, 5.41) is 10.3. The summed E-state index contributed by atoms with van der Waals surface area (Å²) in [5.41, 5.74) is 6.33. The third kappa shape index (κ3) is 2.56. The highest BCUT2D eigenvalue weighted by Gasteiger charge is 2.12. The second-order valence-electron chi connectivity index (χ2n) is 3.36. The van der Waals surface area contributed by atoms with E-state index in [1.165, 1.54) is 12.1 Å². The number of hydrogen-bond acceptors (Lipinski definition) is 5. The highest BCUT2D eigenvalue weighted by Crippen LogP contribution is 2.18. The Balaban J connectivity index is 2.22. The number of hydrogen-bond donors (Lipinski definition) is 2. The highest BCUT2D eigenvalue weighted by atomic mass is 32.1. The summed E-state index contributed by atoms with van der Waals surface area (Å²) in [6.07, 6.45) is 0. The van der Waals surface area contributed by atoms with Gasteiger partial charge in [-0.3, -0.25) is 10.1 Å². The molecule has 17 heavy (non-hydrogen) atoms. The zero-order valence-electron chi connectivity index (χ0n) is 8.90. The zero-order chi connectivity index (χ0) is 12.4. The van der Waals surface area contributed by atoms with Crippen LogP contribution in [0.4, 0.5) is 14.7 Å². The Bertz CT molecular complexity index is 569. The van der Waals surface area contributed by atoms with Crippen LogP contribution in [0.2, 0.25) is 0 Å². The molecule has 2 aromatic rings. The minimum atomic E-state index is -0.461. The van der Waals surface area contributed by atoms with Gasteiger partial charge in [-0.25, -0.2) is 4.39 Å². The van der Waals surface area contributed by atoms with E-state index >= 15 is 0 Å². The van der Waals surface area contributed by atoms with E-state index in [2.05, 4.69) is 15.5 Å². The second kappa shape index (κ2) is 4.46. The number of carbonyl (C=O) groups is 1. The lowest BCUT2D eigenvalue weighted by atomic mass is 10.1. The van der Waals surface area contributed by atoms with Gasteiger partial charge in [0, 0.05) is 5.56 Å². The first-order valence-corrected chi connectivity index (χ1v) is 5.54. The predicted octanol–water partition coefficient (Wildman–Crippen LogP) is 1.82. The maximum Gasteiger partial charge on any atom is 0.257 e. The lowest BCUT2D eigenvalue weighted by Gasteiger charge is -2.04. The van der Waals surface area contributed by atoms with Gasteiger partial charge in [0.05, 0.1) is 0 Å². The molecule has 0 fully saturated rings. The van der Waals surface area contributed by atoms with E-state index < -0.39 is 11.7 Å². The summed E-state index contributed by atoms with van der Waals surface area (Å²) < 4.78 is 13.0. The van der Waals surface area contributed by atoms with Gasteiger partial charge in [-0.15, -0.1) is 10.2 Å². The lowest BCUT2D eigenvalue weighted by Crippen LogP contribution is -2.13. The average molecular weight is 252 g/mol. The summed E-state index contributed by atoms with van der Waals surface area (Å²) >= 11 is 1.05. The molecule has 0 aliphatic rings. The first-order chi connectivity index (χ1) is 8.06. The molecular weight excluding hydrogens is 243 g/mol. The fourth-order valence-electron chi connectivity index (χ4n) is 1.29. The molecule has 1 amide bonds. The minimum Gasteiger partial charge on any atom is -0.374 e. The fourth-order valence-corrected chi connectivity index (χ4v) is 1.79. The summed E-state index contributed by atoms with van der Waals surface area (Å²) in [5.74, 6) is -0.893. The van der Waals surface area contributed by atoms with Crippen molar-refractivity contribution in [1.82, 2.24) is 10.2 Å². The first-order valence-electron chi connectivity index (χ1n) is 4.73. The second-order valence-corrected chi connectivity index (χ2v) is 4.37. The molecule has 0 saturated heterocycles. The number of nitrogens with one attached hydrogen (secondary N) is 1. The van der Waals surface area contributed by atoms with Gasteiger partial charge in [-0.1, -0.05) is 17.4 Å². The van der Waals surface area contributed by atoms with Crippen LogP contribution >= 0.6 is 11.3 Å². The molecule has 0 aliphatic carbocycles. The van der Waals surface area contributed by atoms with Crippen molar-refractivity contribution in [2.24, 2.45) is 0 Å². The molecule has 0 atom stereocenters. The maximum atomic E-state index is 13.0. The lowest BCUT2D eigenvalue weighted by molar-refractivity contribution is 0.102. The van der Waals surface area contributed by atoms with E-state index in [0.29, 0.717) is 5.56 Å². The van der Waals surface area contributed by atoms with E-state index in [9.17, 15) is 9.18 Å². The summed E-state index contributed by atoms with van der Waals surface area (Å²) in [6, 6.07) is 4.02. The Kier molecular flexibility index (Phi) is 3.01. The monoisotopic (exact) mass is 252 g/mol. The number of aryl methyl sites for hydroxylation is 1. The third-order valence-corrected chi connectivity index (χ3v) is 2.77. The van der Waals surface area contributed by atoms with Gasteiger partial charge in [0.2, 0.25) is 10.3 Å². The molecule has 0 radical (unpaired) electrons. The molecule has 1 heterocycles. The Morgan fingerprint density at radius 1 is 1.47 bits per heavy atom. The van der Waals surface area contributed by atoms with E-state index in [1.54, 1.807) is 13.0 Å². The number of anilines is 2. The molecule has 1 aromatic carbocycles. The van der Waals surface area contributed by atoms with Crippen molar-refractivity contribution in [2.45, 2.75) is 6.92 Å². The quantitative estimate of drug-likeness (QED) is 0.854. The fraction of sp³-hybridized carbons (Fsp3) is 0.100. The Morgan fingerprint density at radius 3 is 2.88 bits per heavy atom. The Morgan fingerprint density at radius 2 is 2.24 bits per heavy atom. The van der Waals surface area contributed by atoms with Gasteiger partial charge < -0.3 is 5.73 Å². The number of nitrogens with two attached hydrogens (primary N) is 1. The van der Waals surface area contributed by atoms with E-state index in [1.807, 2.05) is 0 Å². The number of rotatable bonds is 2. The number of benzene rings is 1. The number of carbonyl (C=O) groups excluding carboxylic acids is 1. The minimum absolute atomic E-state index is 0.260. The molecule has 0 aliphatic heterocycles. The number of amides is 1. The third-order valence-electron chi connectivity index (χ3n) is 2.11. The molecule has 0 saturated carbocycles. The van der Waals surface area contributed by atoms with Crippen molar-refractivity contribution in [3.63, 3.8) is 0 Å². The van der Waals surface area contributed by atoms with Crippen LogP contribution in [-0.2, 0) is 0 Å².